The van der Waals surface area contributed by atoms with Crippen LogP contribution >= 0.6 is 0 Å². The zero-order valence-corrected chi connectivity index (χ0v) is 23.0. The largest absolute Gasteiger partial charge is 0.492 e. The number of anilines is 1. The molecule has 0 radical (unpaired) electrons. The van der Waals surface area contributed by atoms with Crippen molar-refractivity contribution in [2.75, 3.05) is 26.0 Å². The Morgan fingerprint density at radius 2 is 1.59 bits per heavy atom. The van der Waals surface area contributed by atoms with Crippen molar-refractivity contribution in [3.05, 3.63) is 83.0 Å². The topological polar surface area (TPSA) is 105 Å². The zero-order valence-electron chi connectivity index (χ0n) is 23.0. The highest BCUT2D eigenvalue weighted by atomic mass is 16.7. The van der Waals surface area contributed by atoms with Crippen LogP contribution in [0.25, 0.3) is 17.2 Å². The third kappa shape index (κ3) is 5.24. The van der Waals surface area contributed by atoms with Crippen LogP contribution in [0, 0.1) is 0 Å². The molecule has 2 aliphatic rings. The molecular formula is C30H34BN3O5. The molecule has 0 spiro atoms. The number of fused-ring (bicyclic) bond motifs is 3. The summed E-state index contributed by atoms with van der Waals surface area (Å²) < 4.78 is 23.5. The maximum atomic E-state index is 12.9. The van der Waals surface area contributed by atoms with Crippen molar-refractivity contribution in [3.63, 3.8) is 0 Å². The summed E-state index contributed by atoms with van der Waals surface area (Å²) >= 11 is 0. The zero-order chi connectivity index (χ0) is 27.8. The van der Waals surface area contributed by atoms with E-state index in [4.69, 9.17) is 24.5 Å². The Labute approximate surface area is 229 Å². The predicted molar refractivity (Wildman–Crippen MR) is 152 cm³/mol. The van der Waals surface area contributed by atoms with Gasteiger partial charge in [0.25, 0.3) is 0 Å². The maximum Gasteiger partial charge on any atom is 0.492 e. The lowest BCUT2D eigenvalue weighted by atomic mass is 9.77. The molecule has 0 bridgehead atoms. The van der Waals surface area contributed by atoms with Crippen molar-refractivity contribution in [2.45, 2.75) is 44.8 Å². The SMILES string of the molecule is COc1ccc(N)c(C=C(CNC(=O)OCC2c3ccccc3-c3ccccc32)B2OC(C)(C)C(C)(C)O2)n1. The number of benzene rings is 2. The van der Waals surface area contributed by atoms with Gasteiger partial charge in [0.2, 0.25) is 5.88 Å². The van der Waals surface area contributed by atoms with Crippen molar-refractivity contribution >= 4 is 25.0 Å². The number of nitrogens with one attached hydrogen (secondary N) is 1. The number of nitrogens with two attached hydrogens (primary N) is 1. The molecule has 0 unspecified atom stereocenters. The van der Waals surface area contributed by atoms with Gasteiger partial charge in [-0.2, -0.15) is 0 Å². The molecule has 2 heterocycles. The first-order valence-electron chi connectivity index (χ1n) is 13.0. The third-order valence-corrected chi connectivity index (χ3v) is 7.80. The minimum Gasteiger partial charge on any atom is -0.481 e. The van der Waals surface area contributed by atoms with Crippen LogP contribution in [0.3, 0.4) is 0 Å². The van der Waals surface area contributed by atoms with Gasteiger partial charge in [-0.25, -0.2) is 9.78 Å². The monoisotopic (exact) mass is 527 g/mol. The number of carbonyl (C=O) groups excluding carboxylic acids is 1. The molecule has 9 heteroatoms. The first kappa shape index (κ1) is 26.8. The fourth-order valence-corrected chi connectivity index (χ4v) is 4.89. The minimum atomic E-state index is -0.712. The normalized spacial score (nSPS) is 17.5. The fourth-order valence-electron chi connectivity index (χ4n) is 4.89. The van der Waals surface area contributed by atoms with Gasteiger partial charge in [0, 0.05) is 18.5 Å². The molecule has 3 aromatic rings. The minimum absolute atomic E-state index is 0.0259. The van der Waals surface area contributed by atoms with Crippen LogP contribution in [0.15, 0.2) is 66.1 Å². The van der Waals surface area contributed by atoms with E-state index in [0.717, 1.165) is 11.1 Å². The molecule has 39 heavy (non-hydrogen) atoms. The van der Waals surface area contributed by atoms with Gasteiger partial charge in [-0.05, 0) is 67.6 Å². The molecule has 1 amide bonds. The highest BCUT2D eigenvalue weighted by molar-refractivity contribution is 6.56. The van der Waals surface area contributed by atoms with Crippen molar-refractivity contribution < 1.29 is 23.6 Å². The van der Waals surface area contributed by atoms with Crippen LogP contribution in [-0.4, -0.2) is 49.7 Å². The number of hydrogen-bond donors (Lipinski definition) is 2. The number of carbonyl (C=O) groups is 1. The van der Waals surface area contributed by atoms with E-state index in [0.29, 0.717) is 22.7 Å². The molecule has 0 atom stereocenters. The first-order chi connectivity index (χ1) is 18.6. The average molecular weight is 527 g/mol. The number of nitrogens with zero attached hydrogens (tertiary/aromatic N) is 1. The molecule has 1 aliphatic carbocycles. The molecule has 1 saturated heterocycles. The predicted octanol–water partition coefficient (Wildman–Crippen LogP) is 5.23. The van der Waals surface area contributed by atoms with Gasteiger partial charge in [0.05, 0.1) is 29.7 Å². The number of ether oxygens (including phenoxy) is 2. The second kappa shape index (κ2) is 10.4. The Morgan fingerprint density at radius 1 is 1.00 bits per heavy atom. The van der Waals surface area contributed by atoms with Gasteiger partial charge in [-0.3, -0.25) is 0 Å². The van der Waals surface area contributed by atoms with E-state index >= 15 is 0 Å². The summed E-state index contributed by atoms with van der Waals surface area (Å²) in [4.78, 5) is 17.4. The lowest BCUT2D eigenvalue weighted by molar-refractivity contribution is 0.00578. The van der Waals surface area contributed by atoms with E-state index in [-0.39, 0.29) is 19.1 Å². The summed E-state index contributed by atoms with van der Waals surface area (Å²) in [6.45, 7) is 8.23. The highest BCUT2D eigenvalue weighted by Crippen LogP contribution is 2.44. The number of pyridine rings is 1. The highest BCUT2D eigenvalue weighted by Gasteiger charge is 2.52. The molecule has 2 aromatic carbocycles. The molecule has 5 rings (SSSR count). The van der Waals surface area contributed by atoms with Crippen LogP contribution in [0.4, 0.5) is 10.5 Å². The van der Waals surface area contributed by atoms with E-state index in [1.54, 1.807) is 25.3 Å². The second-order valence-corrected chi connectivity index (χ2v) is 10.8. The van der Waals surface area contributed by atoms with E-state index in [9.17, 15) is 4.79 Å². The molecule has 3 N–H and O–H groups in total. The number of aromatic nitrogens is 1. The molecule has 202 valence electrons. The summed E-state index contributed by atoms with van der Waals surface area (Å²) in [6, 6.07) is 19.9. The first-order valence-corrected chi connectivity index (χ1v) is 13.0. The quantitative estimate of drug-likeness (QED) is 0.406. The van der Waals surface area contributed by atoms with Gasteiger partial charge in [0.1, 0.15) is 6.61 Å². The van der Waals surface area contributed by atoms with Crippen molar-refractivity contribution in [1.29, 1.82) is 0 Å². The van der Waals surface area contributed by atoms with Crippen LogP contribution in [0.2, 0.25) is 0 Å². The number of alkyl carbamates (subject to hydrolysis) is 1. The van der Waals surface area contributed by atoms with Crippen LogP contribution < -0.4 is 15.8 Å². The lowest BCUT2D eigenvalue weighted by Gasteiger charge is -2.32. The van der Waals surface area contributed by atoms with Gasteiger partial charge < -0.3 is 29.8 Å². The van der Waals surface area contributed by atoms with Crippen LogP contribution in [0.5, 0.6) is 5.88 Å². The molecular weight excluding hydrogens is 493 g/mol. The molecule has 1 fully saturated rings. The standard InChI is InChI=1S/C30H34BN3O5/c1-29(2)30(3,4)39-31(38-29)19(16-26-25(32)14-15-27(34-26)36-5)17-33-28(35)37-18-24-22-12-8-6-10-20(22)21-11-7-9-13-23(21)24/h6-16,24H,17-18,32H2,1-5H3,(H,33,35). The van der Waals surface area contributed by atoms with Crippen molar-refractivity contribution in [3.8, 4) is 17.0 Å². The van der Waals surface area contributed by atoms with E-state index in [1.165, 1.54) is 11.1 Å². The van der Waals surface area contributed by atoms with Gasteiger partial charge in [-0.15, -0.1) is 0 Å². The Bertz CT molecular complexity index is 1360. The number of amides is 1. The molecule has 1 aromatic heterocycles. The summed E-state index contributed by atoms with van der Waals surface area (Å²) in [5, 5.41) is 2.87. The molecule has 8 nitrogen and oxygen atoms in total. The molecule has 1 aliphatic heterocycles. The summed E-state index contributed by atoms with van der Waals surface area (Å²) in [6.07, 6.45) is 1.23. The molecule has 0 saturated carbocycles. The van der Waals surface area contributed by atoms with Crippen molar-refractivity contribution in [2.24, 2.45) is 0 Å². The number of hydrogen-bond acceptors (Lipinski definition) is 7. The Morgan fingerprint density at radius 3 is 2.18 bits per heavy atom. The number of methoxy groups -OCH3 is 1. The average Bonchev–Trinajstić information content (AvgIpc) is 3.35. The van der Waals surface area contributed by atoms with E-state index in [1.807, 2.05) is 52.0 Å². The number of nitrogen functional groups attached to an aromatic ring is 1. The smallest absolute Gasteiger partial charge is 0.481 e. The Balaban J connectivity index is 1.32. The van der Waals surface area contributed by atoms with Gasteiger partial charge >= 0.3 is 13.2 Å². The Kier molecular flexibility index (Phi) is 7.14. The van der Waals surface area contributed by atoms with Gasteiger partial charge in [-0.1, -0.05) is 48.5 Å². The lowest BCUT2D eigenvalue weighted by Crippen LogP contribution is -2.41. The fraction of sp³-hybridized carbons (Fsp3) is 0.333. The summed E-state index contributed by atoms with van der Waals surface area (Å²) in [7, 11) is 0.830. The maximum absolute atomic E-state index is 12.9. The Hall–Kier alpha value is -3.82. The second-order valence-electron chi connectivity index (χ2n) is 10.8. The van der Waals surface area contributed by atoms with Crippen LogP contribution in [0.1, 0.15) is 50.4 Å². The number of rotatable bonds is 7. The van der Waals surface area contributed by atoms with E-state index in [2.05, 4.69) is 34.6 Å². The third-order valence-electron chi connectivity index (χ3n) is 7.80. The van der Waals surface area contributed by atoms with Gasteiger partial charge in [0.15, 0.2) is 0 Å². The van der Waals surface area contributed by atoms with Crippen LogP contribution in [-0.2, 0) is 14.0 Å². The summed E-state index contributed by atoms with van der Waals surface area (Å²) in [5.74, 6) is 0.398. The summed E-state index contributed by atoms with van der Waals surface area (Å²) in [5.41, 5.74) is 11.3. The van der Waals surface area contributed by atoms with Crippen molar-refractivity contribution in [1.82, 2.24) is 10.3 Å². The van der Waals surface area contributed by atoms with E-state index < -0.39 is 24.4 Å².